The second kappa shape index (κ2) is 6.44. The normalized spacial score (nSPS) is 21.9. The van der Waals surface area contributed by atoms with Crippen molar-refractivity contribution in [1.29, 1.82) is 0 Å². The topological polar surface area (TPSA) is 64.9 Å². The summed E-state index contributed by atoms with van der Waals surface area (Å²) in [5.41, 5.74) is 2.22. The van der Waals surface area contributed by atoms with Gasteiger partial charge in [0.15, 0.2) is 0 Å². The summed E-state index contributed by atoms with van der Waals surface area (Å²) in [6, 6.07) is 0.300. The Labute approximate surface area is 135 Å². The quantitative estimate of drug-likeness (QED) is 0.915. The van der Waals surface area contributed by atoms with Crippen molar-refractivity contribution in [1.82, 2.24) is 24.5 Å². The molecule has 2 aromatic heterocycles. The van der Waals surface area contributed by atoms with E-state index in [1.165, 1.54) is 17.1 Å². The fourth-order valence-electron chi connectivity index (χ4n) is 2.80. The second-order valence-corrected chi connectivity index (χ2v) is 6.95. The summed E-state index contributed by atoms with van der Waals surface area (Å²) in [6.45, 7) is 7.79. The summed E-state index contributed by atoms with van der Waals surface area (Å²) >= 11 is 1.48. The first kappa shape index (κ1) is 15.6. The summed E-state index contributed by atoms with van der Waals surface area (Å²) in [5.74, 6) is 1.31. The Morgan fingerprint density at radius 1 is 1.50 bits per heavy atom. The van der Waals surface area contributed by atoms with E-state index in [1.807, 2.05) is 18.7 Å². The van der Waals surface area contributed by atoms with Gasteiger partial charge in [-0.1, -0.05) is 13.8 Å². The lowest BCUT2D eigenvalue weighted by molar-refractivity contribution is 0.0979. The van der Waals surface area contributed by atoms with E-state index in [2.05, 4.69) is 39.8 Å². The molecule has 0 radical (unpaired) electrons. The van der Waals surface area contributed by atoms with Crippen molar-refractivity contribution in [3.8, 4) is 0 Å². The van der Waals surface area contributed by atoms with E-state index in [0.29, 0.717) is 12.0 Å². The highest BCUT2D eigenvalue weighted by molar-refractivity contribution is 7.05. The minimum Gasteiger partial charge on any atom is -0.372 e. The van der Waals surface area contributed by atoms with Crippen LogP contribution in [-0.2, 0) is 18.3 Å². The number of nitrogens with one attached hydrogen (secondary N) is 1. The zero-order chi connectivity index (χ0) is 15.7. The van der Waals surface area contributed by atoms with Crippen molar-refractivity contribution in [3.63, 3.8) is 0 Å². The van der Waals surface area contributed by atoms with Crippen molar-refractivity contribution < 1.29 is 4.74 Å². The Morgan fingerprint density at radius 3 is 2.95 bits per heavy atom. The largest absolute Gasteiger partial charge is 0.372 e. The Hall–Kier alpha value is -1.31. The minimum atomic E-state index is 0.0752. The Bertz CT molecular complexity index is 636. The Kier molecular flexibility index (Phi) is 4.56. The average molecular weight is 321 g/mol. The molecule has 6 nitrogen and oxygen atoms in total. The maximum Gasteiger partial charge on any atom is 0.145 e. The van der Waals surface area contributed by atoms with E-state index in [-0.39, 0.29) is 6.10 Å². The third-order valence-corrected chi connectivity index (χ3v) is 4.69. The summed E-state index contributed by atoms with van der Waals surface area (Å²) in [6.07, 6.45) is 3.14. The van der Waals surface area contributed by atoms with Crippen LogP contribution in [0.1, 0.15) is 54.4 Å². The molecule has 7 heteroatoms. The molecule has 22 heavy (non-hydrogen) atoms. The van der Waals surface area contributed by atoms with Crippen LogP contribution in [-0.4, -0.2) is 31.8 Å². The molecule has 0 aromatic carbocycles. The van der Waals surface area contributed by atoms with Crippen LogP contribution in [0, 0.1) is 6.92 Å². The summed E-state index contributed by atoms with van der Waals surface area (Å²) in [7, 11) is 1.95. The van der Waals surface area contributed by atoms with Gasteiger partial charge in [0.25, 0.3) is 0 Å². The highest BCUT2D eigenvalue weighted by atomic mass is 32.1. The van der Waals surface area contributed by atoms with Gasteiger partial charge in [0, 0.05) is 43.9 Å². The molecule has 1 fully saturated rings. The molecule has 0 unspecified atom stereocenters. The summed E-state index contributed by atoms with van der Waals surface area (Å²) < 4.78 is 12.2. The lowest BCUT2D eigenvalue weighted by Crippen LogP contribution is -2.31. The fraction of sp³-hybridized carbons (Fsp3) is 0.667. The number of ether oxygens (including phenoxy) is 1. The molecule has 3 heterocycles. The monoisotopic (exact) mass is 321 g/mol. The Morgan fingerprint density at radius 2 is 2.32 bits per heavy atom. The van der Waals surface area contributed by atoms with Gasteiger partial charge in [0.2, 0.25) is 0 Å². The van der Waals surface area contributed by atoms with Crippen LogP contribution in [0.15, 0.2) is 6.20 Å². The van der Waals surface area contributed by atoms with Gasteiger partial charge in [-0.2, -0.15) is 9.47 Å². The van der Waals surface area contributed by atoms with Crippen molar-refractivity contribution in [2.75, 3.05) is 6.61 Å². The third kappa shape index (κ3) is 3.21. The first-order valence-corrected chi connectivity index (χ1v) is 8.49. The third-order valence-electron chi connectivity index (χ3n) is 3.97. The van der Waals surface area contributed by atoms with Crippen molar-refractivity contribution in [3.05, 3.63) is 28.3 Å². The van der Waals surface area contributed by atoms with Crippen LogP contribution < -0.4 is 5.32 Å². The smallest absolute Gasteiger partial charge is 0.145 e. The van der Waals surface area contributed by atoms with Crippen molar-refractivity contribution in [2.24, 2.45) is 7.05 Å². The first-order valence-electron chi connectivity index (χ1n) is 7.72. The van der Waals surface area contributed by atoms with Gasteiger partial charge in [-0.3, -0.25) is 4.68 Å². The lowest BCUT2D eigenvalue weighted by atomic mass is 10.0. The number of aromatic nitrogens is 4. The van der Waals surface area contributed by atoms with Gasteiger partial charge < -0.3 is 10.1 Å². The molecular weight excluding hydrogens is 298 g/mol. The molecule has 3 rings (SSSR count). The number of nitrogens with zero attached hydrogens (tertiary/aromatic N) is 4. The molecule has 0 saturated carbocycles. The van der Waals surface area contributed by atoms with E-state index in [4.69, 9.17) is 4.74 Å². The predicted octanol–water partition coefficient (Wildman–Crippen LogP) is 2.32. The summed E-state index contributed by atoms with van der Waals surface area (Å²) in [4.78, 5) is 4.58. The number of hydrogen-bond donors (Lipinski definition) is 1. The molecule has 1 N–H and O–H groups in total. The predicted molar refractivity (Wildman–Crippen MR) is 85.9 cm³/mol. The zero-order valence-electron chi connectivity index (χ0n) is 13.5. The minimum absolute atomic E-state index is 0.0752. The van der Waals surface area contributed by atoms with Crippen molar-refractivity contribution >= 4 is 11.5 Å². The Balaban J connectivity index is 1.65. The SMILES string of the molecule is Cc1nn(C)cc1[C@@H]1OCC[C@H]1NCc1nc(C(C)C)ns1. The van der Waals surface area contributed by atoms with Crippen LogP contribution in [0.5, 0.6) is 0 Å². The van der Waals surface area contributed by atoms with Gasteiger partial charge in [0.1, 0.15) is 16.9 Å². The van der Waals surface area contributed by atoms with Gasteiger partial charge in [-0.05, 0) is 24.9 Å². The van der Waals surface area contributed by atoms with E-state index in [1.54, 1.807) is 0 Å². The maximum absolute atomic E-state index is 5.93. The number of hydrogen-bond acceptors (Lipinski definition) is 6. The number of rotatable bonds is 5. The maximum atomic E-state index is 5.93. The van der Waals surface area contributed by atoms with E-state index < -0.39 is 0 Å². The van der Waals surface area contributed by atoms with E-state index in [9.17, 15) is 0 Å². The number of aryl methyl sites for hydroxylation is 2. The summed E-state index contributed by atoms with van der Waals surface area (Å²) in [5, 5.41) is 9.04. The molecule has 0 spiro atoms. The standard InChI is InChI=1S/C15H23N5OS/c1-9(2)15-17-13(22-19-15)7-16-12-5-6-21-14(12)11-8-20(4)18-10(11)3/h8-9,12,14,16H,5-7H2,1-4H3/t12-,14+/m1/s1. The van der Waals surface area contributed by atoms with Gasteiger partial charge in [-0.15, -0.1) is 0 Å². The molecule has 0 amide bonds. The van der Waals surface area contributed by atoms with Gasteiger partial charge >= 0.3 is 0 Å². The zero-order valence-corrected chi connectivity index (χ0v) is 14.4. The molecule has 2 atom stereocenters. The first-order chi connectivity index (χ1) is 10.5. The highest BCUT2D eigenvalue weighted by Crippen LogP contribution is 2.31. The van der Waals surface area contributed by atoms with Crippen LogP contribution in [0.25, 0.3) is 0 Å². The molecule has 0 bridgehead atoms. The molecule has 120 valence electrons. The van der Waals surface area contributed by atoms with Crippen LogP contribution in [0.2, 0.25) is 0 Å². The average Bonchev–Trinajstić information content (AvgIpc) is 3.16. The van der Waals surface area contributed by atoms with Crippen molar-refractivity contribution in [2.45, 2.75) is 51.8 Å². The molecular formula is C15H23N5OS. The fourth-order valence-corrected chi connectivity index (χ4v) is 3.53. The van der Waals surface area contributed by atoms with Gasteiger partial charge in [0.05, 0.1) is 5.69 Å². The molecule has 1 aliphatic rings. The molecule has 2 aromatic rings. The molecule has 1 saturated heterocycles. The lowest BCUT2D eigenvalue weighted by Gasteiger charge is -2.18. The van der Waals surface area contributed by atoms with E-state index >= 15 is 0 Å². The molecule has 1 aliphatic heterocycles. The molecule has 0 aliphatic carbocycles. The van der Waals surface area contributed by atoms with Crippen LogP contribution in [0.3, 0.4) is 0 Å². The van der Waals surface area contributed by atoms with E-state index in [0.717, 1.165) is 36.1 Å². The van der Waals surface area contributed by atoms with Crippen LogP contribution in [0.4, 0.5) is 0 Å². The van der Waals surface area contributed by atoms with Crippen LogP contribution >= 0.6 is 11.5 Å². The highest BCUT2D eigenvalue weighted by Gasteiger charge is 2.31. The second-order valence-electron chi connectivity index (χ2n) is 6.11. The van der Waals surface area contributed by atoms with Gasteiger partial charge in [-0.25, -0.2) is 4.98 Å².